The third kappa shape index (κ3) is 3.13. The molecule has 0 amide bonds. The second-order valence-electron chi connectivity index (χ2n) is 4.66. The molecule has 0 aromatic heterocycles. The Hall–Kier alpha value is -0.560. The van der Waals surface area contributed by atoms with Crippen molar-refractivity contribution in [2.45, 2.75) is 6.04 Å². The summed E-state index contributed by atoms with van der Waals surface area (Å²) in [5, 5.41) is 0. The summed E-state index contributed by atoms with van der Waals surface area (Å²) in [4.78, 5) is 0. The third-order valence-corrected chi connectivity index (χ3v) is 5.19. The molecule has 0 spiro atoms. The van der Waals surface area contributed by atoms with Crippen molar-refractivity contribution < 1.29 is 9.47 Å². The fourth-order valence-electron chi connectivity index (χ4n) is 2.24. The zero-order valence-electron chi connectivity index (χ0n) is 10.9. The lowest BCUT2D eigenvalue weighted by atomic mass is 9.99. The van der Waals surface area contributed by atoms with Gasteiger partial charge in [0.15, 0.2) is 11.5 Å². The maximum atomic E-state index is 6.44. The number of hydrogen-bond donors (Lipinski definition) is 1. The first-order chi connectivity index (χ1) is 10.1. The number of nitrogens with two attached hydrogens (primary N) is 1. The molecule has 2 aromatic rings. The first-order valence-electron chi connectivity index (χ1n) is 6.36. The van der Waals surface area contributed by atoms with Gasteiger partial charge in [-0.25, -0.2) is 0 Å². The fourth-order valence-corrected chi connectivity index (χ4v) is 3.68. The molecule has 2 N–H and O–H groups in total. The Balaban J connectivity index is 2.05. The monoisotopic (exact) mass is 475 g/mol. The zero-order chi connectivity index (χ0) is 15.0. The minimum absolute atomic E-state index is 0.276. The largest absolute Gasteiger partial charge is 0.486 e. The summed E-state index contributed by atoms with van der Waals surface area (Å²) in [5.74, 6) is 1.48. The highest BCUT2D eigenvalue weighted by molar-refractivity contribution is 9.11. The van der Waals surface area contributed by atoms with Gasteiger partial charge < -0.3 is 15.2 Å². The number of benzene rings is 2. The van der Waals surface area contributed by atoms with Crippen molar-refractivity contribution in [1.29, 1.82) is 0 Å². The topological polar surface area (TPSA) is 44.5 Å². The quantitative estimate of drug-likeness (QED) is 0.676. The third-order valence-electron chi connectivity index (χ3n) is 3.29. The molecule has 3 rings (SSSR count). The molecule has 0 aliphatic carbocycles. The summed E-state index contributed by atoms with van der Waals surface area (Å²) in [6.07, 6.45) is 0. The highest BCUT2D eigenvalue weighted by atomic mass is 79.9. The van der Waals surface area contributed by atoms with Crippen LogP contribution in [0.15, 0.2) is 43.7 Å². The SMILES string of the molecule is NC(c1cc(Br)ccc1Br)c1cc2c(cc1Br)OCCO2. The van der Waals surface area contributed by atoms with Crippen LogP contribution in [0.1, 0.15) is 17.2 Å². The van der Waals surface area contributed by atoms with Crippen molar-refractivity contribution in [2.24, 2.45) is 5.73 Å². The van der Waals surface area contributed by atoms with Gasteiger partial charge in [0.1, 0.15) is 13.2 Å². The van der Waals surface area contributed by atoms with E-state index in [0.717, 1.165) is 36.0 Å². The van der Waals surface area contributed by atoms with Crippen LogP contribution in [0.2, 0.25) is 0 Å². The van der Waals surface area contributed by atoms with E-state index in [0.29, 0.717) is 13.2 Å². The van der Waals surface area contributed by atoms with Crippen LogP contribution in [0, 0.1) is 0 Å². The Morgan fingerprint density at radius 2 is 1.48 bits per heavy atom. The Kier molecular flexibility index (Phi) is 4.59. The molecule has 1 aliphatic heterocycles. The van der Waals surface area contributed by atoms with Crippen LogP contribution in [0.25, 0.3) is 0 Å². The summed E-state index contributed by atoms with van der Waals surface area (Å²) < 4.78 is 14.1. The molecular weight excluding hydrogens is 466 g/mol. The summed E-state index contributed by atoms with van der Waals surface area (Å²) in [5.41, 5.74) is 8.40. The van der Waals surface area contributed by atoms with Crippen molar-refractivity contribution in [3.05, 3.63) is 54.9 Å². The molecule has 1 atom stereocenters. The van der Waals surface area contributed by atoms with Gasteiger partial charge in [0, 0.05) is 13.4 Å². The minimum Gasteiger partial charge on any atom is -0.486 e. The van der Waals surface area contributed by atoms with Crippen LogP contribution in [0.4, 0.5) is 0 Å². The number of fused-ring (bicyclic) bond motifs is 1. The van der Waals surface area contributed by atoms with Gasteiger partial charge in [-0.2, -0.15) is 0 Å². The predicted molar refractivity (Wildman–Crippen MR) is 93.0 cm³/mol. The fraction of sp³-hybridized carbons (Fsp3) is 0.200. The maximum absolute atomic E-state index is 6.44. The van der Waals surface area contributed by atoms with Crippen LogP contribution < -0.4 is 15.2 Å². The molecule has 21 heavy (non-hydrogen) atoms. The van der Waals surface area contributed by atoms with Crippen molar-refractivity contribution in [1.82, 2.24) is 0 Å². The van der Waals surface area contributed by atoms with Crippen LogP contribution in [0.3, 0.4) is 0 Å². The van der Waals surface area contributed by atoms with E-state index in [9.17, 15) is 0 Å². The predicted octanol–water partition coefficient (Wildman–Crippen LogP) is 4.79. The van der Waals surface area contributed by atoms with Crippen molar-refractivity contribution in [3.63, 3.8) is 0 Å². The number of halogens is 3. The van der Waals surface area contributed by atoms with E-state index < -0.39 is 0 Å². The van der Waals surface area contributed by atoms with E-state index in [1.54, 1.807) is 0 Å². The lowest BCUT2D eigenvalue weighted by Gasteiger charge is -2.22. The summed E-state index contributed by atoms with van der Waals surface area (Å²) in [7, 11) is 0. The summed E-state index contributed by atoms with van der Waals surface area (Å²) in [6, 6.07) is 9.54. The number of hydrogen-bond acceptors (Lipinski definition) is 3. The van der Waals surface area contributed by atoms with Gasteiger partial charge in [0.2, 0.25) is 0 Å². The van der Waals surface area contributed by atoms with E-state index in [-0.39, 0.29) is 6.04 Å². The van der Waals surface area contributed by atoms with Crippen molar-refractivity contribution in [3.8, 4) is 11.5 Å². The first kappa shape index (κ1) is 15.3. The Labute approximate surface area is 148 Å². The van der Waals surface area contributed by atoms with E-state index in [4.69, 9.17) is 15.2 Å². The number of rotatable bonds is 2. The summed E-state index contributed by atoms with van der Waals surface area (Å²) >= 11 is 10.6. The molecule has 3 nitrogen and oxygen atoms in total. The zero-order valence-corrected chi connectivity index (χ0v) is 15.7. The Morgan fingerprint density at radius 1 is 0.857 bits per heavy atom. The Morgan fingerprint density at radius 3 is 2.19 bits per heavy atom. The van der Waals surface area contributed by atoms with E-state index in [1.807, 2.05) is 30.3 Å². The highest BCUT2D eigenvalue weighted by Crippen LogP contribution is 2.40. The van der Waals surface area contributed by atoms with E-state index in [1.165, 1.54) is 0 Å². The minimum atomic E-state index is -0.276. The number of ether oxygens (including phenoxy) is 2. The molecule has 110 valence electrons. The van der Waals surface area contributed by atoms with E-state index >= 15 is 0 Å². The van der Waals surface area contributed by atoms with Gasteiger partial charge in [-0.3, -0.25) is 0 Å². The molecule has 0 bridgehead atoms. The molecule has 2 aromatic carbocycles. The van der Waals surface area contributed by atoms with Crippen LogP contribution in [0.5, 0.6) is 11.5 Å². The summed E-state index contributed by atoms with van der Waals surface area (Å²) in [6.45, 7) is 1.13. The lowest BCUT2D eigenvalue weighted by molar-refractivity contribution is 0.171. The highest BCUT2D eigenvalue weighted by Gasteiger charge is 2.20. The lowest BCUT2D eigenvalue weighted by Crippen LogP contribution is -2.18. The normalized spacial score (nSPS) is 14.9. The molecule has 0 saturated heterocycles. The average molecular weight is 478 g/mol. The molecular formula is C15H12Br3NO2. The van der Waals surface area contributed by atoms with Gasteiger partial charge >= 0.3 is 0 Å². The van der Waals surface area contributed by atoms with Crippen LogP contribution in [-0.2, 0) is 0 Å². The van der Waals surface area contributed by atoms with Crippen LogP contribution in [-0.4, -0.2) is 13.2 Å². The molecule has 1 unspecified atom stereocenters. The average Bonchev–Trinajstić information content (AvgIpc) is 2.48. The smallest absolute Gasteiger partial charge is 0.162 e. The molecule has 0 radical (unpaired) electrons. The molecule has 1 heterocycles. The molecule has 6 heteroatoms. The Bertz CT molecular complexity index is 691. The van der Waals surface area contributed by atoms with E-state index in [2.05, 4.69) is 47.8 Å². The second-order valence-corrected chi connectivity index (χ2v) is 7.29. The van der Waals surface area contributed by atoms with Crippen molar-refractivity contribution in [2.75, 3.05) is 13.2 Å². The van der Waals surface area contributed by atoms with Gasteiger partial charge in [-0.1, -0.05) is 47.8 Å². The van der Waals surface area contributed by atoms with Gasteiger partial charge in [-0.15, -0.1) is 0 Å². The first-order valence-corrected chi connectivity index (χ1v) is 8.73. The standard InChI is InChI=1S/C15H12Br3NO2/c16-8-1-2-11(17)9(5-8)15(19)10-6-13-14(7-12(10)18)21-4-3-20-13/h1-2,5-7,15H,3-4,19H2. The van der Waals surface area contributed by atoms with Crippen molar-refractivity contribution >= 4 is 47.8 Å². The van der Waals surface area contributed by atoms with Gasteiger partial charge in [0.05, 0.1) is 6.04 Å². The maximum Gasteiger partial charge on any atom is 0.162 e. The van der Waals surface area contributed by atoms with Crippen LogP contribution >= 0.6 is 47.8 Å². The van der Waals surface area contributed by atoms with Gasteiger partial charge in [0.25, 0.3) is 0 Å². The second kappa shape index (κ2) is 6.28. The molecule has 0 saturated carbocycles. The molecule has 0 fully saturated rings. The van der Waals surface area contributed by atoms with Gasteiger partial charge in [-0.05, 0) is 41.5 Å². The molecule has 1 aliphatic rings.